The van der Waals surface area contributed by atoms with Gasteiger partial charge < -0.3 is 11.5 Å². The van der Waals surface area contributed by atoms with Gasteiger partial charge in [0, 0.05) is 6.04 Å². The summed E-state index contributed by atoms with van der Waals surface area (Å²) in [6, 6.07) is 0.382. The average molecular weight is 278 g/mol. The Morgan fingerprint density at radius 1 is 0.950 bits per heavy atom. The standard InChI is InChI=1S/C18H34N2/c1-16(15-19)11-7-4-2-3-5-10-14-18(20)17-12-8-6-9-13-17/h4-5,7,10,16-18H,2-3,6,8-9,11-15,19-20H2,1H3. The second-order valence-electron chi connectivity index (χ2n) is 6.39. The third kappa shape index (κ3) is 7.86. The Hall–Kier alpha value is -0.600. The average Bonchev–Trinajstić information content (AvgIpc) is 2.50. The summed E-state index contributed by atoms with van der Waals surface area (Å²) >= 11 is 0. The molecule has 20 heavy (non-hydrogen) atoms. The highest BCUT2D eigenvalue weighted by molar-refractivity contribution is 4.91. The molecule has 0 spiro atoms. The molecular weight excluding hydrogens is 244 g/mol. The molecular formula is C18H34N2. The van der Waals surface area contributed by atoms with Gasteiger partial charge in [0.2, 0.25) is 0 Å². The molecule has 2 heteroatoms. The van der Waals surface area contributed by atoms with Gasteiger partial charge in [0.05, 0.1) is 0 Å². The van der Waals surface area contributed by atoms with Crippen molar-refractivity contribution in [3.63, 3.8) is 0 Å². The van der Waals surface area contributed by atoms with Crippen molar-refractivity contribution in [3.8, 4) is 0 Å². The first kappa shape index (κ1) is 17.5. The normalized spacial score (nSPS) is 20.8. The van der Waals surface area contributed by atoms with E-state index in [9.17, 15) is 0 Å². The molecule has 1 aliphatic rings. The minimum absolute atomic E-state index is 0.382. The fraction of sp³-hybridized carbons (Fsp3) is 0.778. The van der Waals surface area contributed by atoms with Crippen molar-refractivity contribution in [1.82, 2.24) is 0 Å². The second kappa shape index (κ2) is 11.1. The summed E-state index contributed by atoms with van der Waals surface area (Å²) in [6.07, 6.45) is 20.4. The lowest BCUT2D eigenvalue weighted by atomic mass is 9.83. The Morgan fingerprint density at radius 2 is 1.55 bits per heavy atom. The van der Waals surface area contributed by atoms with Crippen LogP contribution in [0.25, 0.3) is 0 Å². The first-order valence-electron chi connectivity index (χ1n) is 8.49. The van der Waals surface area contributed by atoms with E-state index < -0.39 is 0 Å². The van der Waals surface area contributed by atoms with Gasteiger partial charge in [-0.2, -0.15) is 0 Å². The van der Waals surface area contributed by atoms with Gasteiger partial charge >= 0.3 is 0 Å². The molecule has 2 nitrogen and oxygen atoms in total. The Morgan fingerprint density at radius 3 is 2.15 bits per heavy atom. The lowest BCUT2D eigenvalue weighted by molar-refractivity contribution is 0.305. The van der Waals surface area contributed by atoms with Crippen LogP contribution in [-0.2, 0) is 0 Å². The molecule has 0 heterocycles. The largest absolute Gasteiger partial charge is 0.330 e. The molecule has 0 aliphatic heterocycles. The molecule has 1 aliphatic carbocycles. The van der Waals surface area contributed by atoms with Crippen molar-refractivity contribution >= 4 is 0 Å². The summed E-state index contributed by atoms with van der Waals surface area (Å²) in [4.78, 5) is 0. The zero-order chi connectivity index (χ0) is 14.6. The molecule has 0 amide bonds. The summed E-state index contributed by atoms with van der Waals surface area (Å²) in [7, 11) is 0. The topological polar surface area (TPSA) is 52.0 Å². The molecule has 2 atom stereocenters. The van der Waals surface area contributed by atoms with E-state index in [1.54, 1.807) is 0 Å². The van der Waals surface area contributed by atoms with E-state index in [4.69, 9.17) is 11.5 Å². The van der Waals surface area contributed by atoms with Crippen LogP contribution in [0.3, 0.4) is 0 Å². The Labute approximate surface area is 125 Å². The van der Waals surface area contributed by atoms with Crippen LogP contribution in [0, 0.1) is 11.8 Å². The third-order valence-corrected chi connectivity index (χ3v) is 4.44. The summed E-state index contributed by atoms with van der Waals surface area (Å²) in [5.74, 6) is 1.38. The molecule has 1 saturated carbocycles. The maximum absolute atomic E-state index is 6.28. The first-order chi connectivity index (χ1) is 9.74. The highest BCUT2D eigenvalue weighted by Gasteiger charge is 2.18. The summed E-state index contributed by atoms with van der Waals surface area (Å²) in [5, 5.41) is 0. The number of hydrogen-bond acceptors (Lipinski definition) is 2. The van der Waals surface area contributed by atoms with E-state index in [-0.39, 0.29) is 0 Å². The molecule has 0 aromatic carbocycles. The maximum Gasteiger partial charge on any atom is 0.0102 e. The molecule has 4 N–H and O–H groups in total. The molecule has 116 valence electrons. The van der Waals surface area contributed by atoms with Crippen LogP contribution in [0.5, 0.6) is 0 Å². The molecule has 1 rings (SSSR count). The SMILES string of the molecule is CC(CN)CC=CCCC=CCC(N)C1CCCCC1. The number of allylic oxidation sites excluding steroid dienone is 3. The fourth-order valence-corrected chi connectivity index (χ4v) is 2.86. The molecule has 0 bridgehead atoms. The Kier molecular flexibility index (Phi) is 9.69. The minimum Gasteiger partial charge on any atom is -0.330 e. The smallest absolute Gasteiger partial charge is 0.0102 e. The van der Waals surface area contributed by atoms with Gasteiger partial charge in [0.1, 0.15) is 0 Å². The zero-order valence-electron chi connectivity index (χ0n) is 13.3. The lowest BCUT2D eigenvalue weighted by Crippen LogP contribution is -2.30. The van der Waals surface area contributed by atoms with Crippen molar-refractivity contribution in [1.29, 1.82) is 0 Å². The second-order valence-corrected chi connectivity index (χ2v) is 6.39. The minimum atomic E-state index is 0.382. The summed E-state index contributed by atoms with van der Waals surface area (Å²) in [5.41, 5.74) is 11.9. The lowest BCUT2D eigenvalue weighted by Gasteiger charge is -2.26. The number of rotatable bonds is 9. The van der Waals surface area contributed by atoms with E-state index in [0.29, 0.717) is 12.0 Å². The van der Waals surface area contributed by atoms with Crippen LogP contribution in [0.4, 0.5) is 0 Å². The maximum atomic E-state index is 6.28. The predicted molar refractivity (Wildman–Crippen MR) is 89.5 cm³/mol. The van der Waals surface area contributed by atoms with E-state index in [0.717, 1.165) is 38.1 Å². The zero-order valence-corrected chi connectivity index (χ0v) is 13.3. The van der Waals surface area contributed by atoms with Crippen molar-refractivity contribution in [3.05, 3.63) is 24.3 Å². The van der Waals surface area contributed by atoms with E-state index in [1.807, 2.05) is 0 Å². The predicted octanol–water partition coefficient (Wildman–Crippen LogP) is 4.16. The van der Waals surface area contributed by atoms with Gasteiger partial charge in [0.25, 0.3) is 0 Å². The monoisotopic (exact) mass is 278 g/mol. The van der Waals surface area contributed by atoms with Crippen LogP contribution in [-0.4, -0.2) is 12.6 Å². The fourth-order valence-electron chi connectivity index (χ4n) is 2.86. The Balaban J connectivity index is 2.03. The molecule has 0 aromatic heterocycles. The van der Waals surface area contributed by atoms with Crippen molar-refractivity contribution < 1.29 is 0 Å². The molecule has 1 fully saturated rings. The molecule has 0 radical (unpaired) electrons. The van der Waals surface area contributed by atoms with Gasteiger partial charge in [0.15, 0.2) is 0 Å². The molecule has 0 saturated heterocycles. The van der Waals surface area contributed by atoms with Gasteiger partial charge in [-0.05, 0) is 56.9 Å². The van der Waals surface area contributed by atoms with Crippen LogP contribution < -0.4 is 11.5 Å². The van der Waals surface area contributed by atoms with Crippen LogP contribution in [0.2, 0.25) is 0 Å². The van der Waals surface area contributed by atoms with Crippen LogP contribution in [0.1, 0.15) is 64.7 Å². The van der Waals surface area contributed by atoms with E-state index >= 15 is 0 Å². The molecule has 0 aromatic rings. The van der Waals surface area contributed by atoms with Crippen LogP contribution >= 0.6 is 0 Å². The van der Waals surface area contributed by atoms with Gasteiger partial charge in [-0.1, -0.05) is 50.5 Å². The van der Waals surface area contributed by atoms with Crippen molar-refractivity contribution in [2.75, 3.05) is 6.54 Å². The van der Waals surface area contributed by atoms with Crippen molar-refractivity contribution in [2.24, 2.45) is 23.3 Å². The van der Waals surface area contributed by atoms with E-state index in [2.05, 4.69) is 31.2 Å². The highest BCUT2D eigenvalue weighted by atomic mass is 14.6. The van der Waals surface area contributed by atoms with Crippen molar-refractivity contribution in [2.45, 2.75) is 70.8 Å². The summed E-state index contributed by atoms with van der Waals surface area (Å²) in [6.45, 7) is 2.97. The van der Waals surface area contributed by atoms with E-state index in [1.165, 1.54) is 32.1 Å². The number of unbranched alkanes of at least 4 members (excludes halogenated alkanes) is 1. The van der Waals surface area contributed by atoms with Gasteiger partial charge in [-0.3, -0.25) is 0 Å². The van der Waals surface area contributed by atoms with Gasteiger partial charge in [-0.25, -0.2) is 0 Å². The number of hydrogen-bond donors (Lipinski definition) is 2. The third-order valence-electron chi connectivity index (χ3n) is 4.44. The number of nitrogens with two attached hydrogens (primary N) is 2. The first-order valence-corrected chi connectivity index (χ1v) is 8.49. The molecule has 2 unspecified atom stereocenters. The van der Waals surface area contributed by atoms with Crippen LogP contribution in [0.15, 0.2) is 24.3 Å². The van der Waals surface area contributed by atoms with Gasteiger partial charge in [-0.15, -0.1) is 0 Å². The quantitative estimate of drug-likeness (QED) is 0.491. The summed E-state index contributed by atoms with van der Waals surface area (Å²) < 4.78 is 0. The Bertz CT molecular complexity index is 277. The highest BCUT2D eigenvalue weighted by Crippen LogP contribution is 2.26.